The van der Waals surface area contributed by atoms with Crippen LogP contribution in [0.2, 0.25) is 0 Å². The van der Waals surface area contributed by atoms with Crippen LogP contribution in [-0.2, 0) is 4.74 Å². The highest BCUT2D eigenvalue weighted by atomic mass is 16.5. The van der Waals surface area contributed by atoms with Gasteiger partial charge in [0.15, 0.2) is 0 Å². The Morgan fingerprint density at radius 3 is 1.67 bits per heavy atom. The highest BCUT2D eigenvalue weighted by molar-refractivity contribution is 4.98. The van der Waals surface area contributed by atoms with Gasteiger partial charge in [-0.25, -0.2) is 0 Å². The minimum absolute atomic E-state index is 0.150. The first-order valence-electron chi connectivity index (χ1n) is 4.38. The van der Waals surface area contributed by atoms with Crippen LogP contribution < -0.4 is 0 Å². The molecule has 70 valence electrons. The third-order valence-electron chi connectivity index (χ3n) is 1.37. The molecule has 0 fully saturated rings. The van der Waals surface area contributed by atoms with E-state index in [0.717, 1.165) is 0 Å². The largest absolute Gasteiger partial charge is 0.470 e. The van der Waals surface area contributed by atoms with Crippen molar-refractivity contribution in [2.24, 2.45) is 0 Å². The molecule has 0 bridgehead atoms. The van der Waals surface area contributed by atoms with Crippen LogP contribution in [-0.4, -0.2) is 10.4 Å². The molecule has 0 atom stereocenters. The van der Waals surface area contributed by atoms with Crippen molar-refractivity contribution in [1.82, 2.24) is 4.90 Å². The molecule has 1 aliphatic rings. The van der Waals surface area contributed by atoms with Crippen LogP contribution in [0.25, 0.3) is 0 Å². The number of ether oxygens (including phenoxy) is 1. The second kappa shape index (κ2) is 4.86. The van der Waals surface area contributed by atoms with E-state index in [1.807, 2.05) is 26.2 Å². The fraction of sp³-hybridized carbons (Fsp3) is 0.600. The van der Waals surface area contributed by atoms with Crippen LogP contribution in [0, 0.1) is 0 Å². The molecule has 0 N–H and O–H groups in total. The zero-order chi connectivity index (χ0) is 9.61. The zero-order valence-corrected chi connectivity index (χ0v) is 8.66. The van der Waals surface area contributed by atoms with Gasteiger partial charge in [0.2, 0.25) is 0 Å². The molecule has 0 aromatic rings. The van der Waals surface area contributed by atoms with Crippen LogP contribution in [0.15, 0.2) is 24.9 Å². The third-order valence-corrected chi connectivity index (χ3v) is 1.37. The summed E-state index contributed by atoms with van der Waals surface area (Å²) < 4.78 is 4.89. The summed E-state index contributed by atoms with van der Waals surface area (Å²) in [6.07, 6.45) is 7.18. The van der Waals surface area contributed by atoms with E-state index in [9.17, 15) is 0 Å². The van der Waals surface area contributed by atoms with Gasteiger partial charge in [-0.1, -0.05) is 13.8 Å². The molecule has 0 amide bonds. The molecule has 1 rings (SSSR count). The molecule has 0 unspecified atom stereocenters. The molecular formula is C10H19NO. The Balaban J connectivity index is 0.000000561. The van der Waals surface area contributed by atoms with Gasteiger partial charge in [-0.15, -0.1) is 0 Å². The van der Waals surface area contributed by atoms with Gasteiger partial charge in [0.1, 0.15) is 12.5 Å². The van der Waals surface area contributed by atoms with E-state index < -0.39 is 0 Å². The maximum absolute atomic E-state index is 4.89. The summed E-state index contributed by atoms with van der Waals surface area (Å²) in [5, 5.41) is 0. The summed E-state index contributed by atoms with van der Waals surface area (Å²) in [5.74, 6) is 0. The summed E-state index contributed by atoms with van der Waals surface area (Å²) in [5.41, 5.74) is 0.150. The fourth-order valence-electron chi connectivity index (χ4n) is 0.744. The predicted molar refractivity (Wildman–Crippen MR) is 52.3 cm³/mol. The van der Waals surface area contributed by atoms with Gasteiger partial charge >= 0.3 is 0 Å². The predicted octanol–water partition coefficient (Wildman–Crippen LogP) is 3.09. The highest BCUT2D eigenvalue weighted by Crippen LogP contribution is 2.15. The summed E-state index contributed by atoms with van der Waals surface area (Å²) >= 11 is 0. The Morgan fingerprint density at radius 2 is 1.42 bits per heavy atom. The van der Waals surface area contributed by atoms with Crippen molar-refractivity contribution < 1.29 is 4.74 Å². The monoisotopic (exact) mass is 169 g/mol. The molecule has 0 saturated carbocycles. The van der Waals surface area contributed by atoms with Crippen molar-refractivity contribution in [2.75, 3.05) is 0 Å². The molecule has 1 aliphatic heterocycles. The van der Waals surface area contributed by atoms with Crippen molar-refractivity contribution in [3.05, 3.63) is 24.9 Å². The van der Waals surface area contributed by atoms with Crippen LogP contribution in [0.4, 0.5) is 0 Å². The van der Waals surface area contributed by atoms with E-state index in [2.05, 4.69) is 25.7 Å². The number of hydrogen-bond acceptors (Lipinski definition) is 2. The summed E-state index contributed by atoms with van der Waals surface area (Å²) in [6, 6.07) is 0. The molecule has 2 nitrogen and oxygen atoms in total. The fourth-order valence-corrected chi connectivity index (χ4v) is 0.744. The van der Waals surface area contributed by atoms with E-state index in [4.69, 9.17) is 4.74 Å². The van der Waals surface area contributed by atoms with Crippen LogP contribution in [0.1, 0.15) is 34.6 Å². The first-order valence-corrected chi connectivity index (χ1v) is 4.38. The lowest BCUT2D eigenvalue weighted by atomic mass is 10.1. The molecule has 2 heteroatoms. The lowest BCUT2D eigenvalue weighted by Crippen LogP contribution is -2.33. The Morgan fingerprint density at radius 1 is 1.00 bits per heavy atom. The topological polar surface area (TPSA) is 12.5 Å². The Kier molecular flexibility index (Phi) is 4.49. The normalized spacial score (nSPS) is 14.9. The quantitative estimate of drug-likeness (QED) is 0.552. The standard InChI is InChI=1S/C8H13NO.C2H6/c1-8(2,3)9-4-6-10-7-5-9;1-2/h4-7H,1-3H3;1-2H3. The third kappa shape index (κ3) is 3.46. The van der Waals surface area contributed by atoms with E-state index in [-0.39, 0.29) is 5.54 Å². The number of hydrogen-bond donors (Lipinski definition) is 0. The summed E-state index contributed by atoms with van der Waals surface area (Å²) in [4.78, 5) is 2.09. The maximum Gasteiger partial charge on any atom is 0.106 e. The Bertz CT molecular complexity index is 153. The second-order valence-electron chi connectivity index (χ2n) is 3.28. The minimum Gasteiger partial charge on any atom is -0.470 e. The van der Waals surface area contributed by atoms with Gasteiger partial charge in [-0.05, 0) is 20.8 Å². The molecule has 0 aliphatic carbocycles. The van der Waals surface area contributed by atoms with Crippen LogP contribution in [0.5, 0.6) is 0 Å². The average molecular weight is 169 g/mol. The van der Waals surface area contributed by atoms with Gasteiger partial charge in [-0.2, -0.15) is 0 Å². The average Bonchev–Trinajstić information content (AvgIpc) is 2.08. The van der Waals surface area contributed by atoms with Crippen LogP contribution >= 0.6 is 0 Å². The van der Waals surface area contributed by atoms with E-state index in [0.29, 0.717) is 0 Å². The lowest BCUT2D eigenvalue weighted by molar-refractivity contribution is 0.243. The first-order chi connectivity index (χ1) is 5.61. The molecule has 0 radical (unpaired) electrons. The van der Waals surface area contributed by atoms with Crippen molar-refractivity contribution in [2.45, 2.75) is 40.2 Å². The summed E-state index contributed by atoms with van der Waals surface area (Å²) in [7, 11) is 0. The zero-order valence-electron chi connectivity index (χ0n) is 8.66. The van der Waals surface area contributed by atoms with Gasteiger partial charge < -0.3 is 9.64 Å². The maximum atomic E-state index is 4.89. The van der Waals surface area contributed by atoms with Gasteiger partial charge in [0.25, 0.3) is 0 Å². The molecule has 0 spiro atoms. The summed E-state index contributed by atoms with van der Waals surface area (Å²) in [6.45, 7) is 10.4. The SMILES string of the molecule is CC.CC(C)(C)N1C=COC=C1. The van der Waals surface area contributed by atoms with E-state index in [1.165, 1.54) is 0 Å². The van der Waals surface area contributed by atoms with Crippen LogP contribution in [0.3, 0.4) is 0 Å². The van der Waals surface area contributed by atoms with Crippen molar-refractivity contribution in [1.29, 1.82) is 0 Å². The van der Waals surface area contributed by atoms with Crippen molar-refractivity contribution in [3.8, 4) is 0 Å². The van der Waals surface area contributed by atoms with E-state index in [1.54, 1.807) is 12.5 Å². The van der Waals surface area contributed by atoms with E-state index >= 15 is 0 Å². The van der Waals surface area contributed by atoms with Gasteiger partial charge in [-0.3, -0.25) is 0 Å². The van der Waals surface area contributed by atoms with Crippen molar-refractivity contribution in [3.63, 3.8) is 0 Å². The first kappa shape index (κ1) is 11.1. The smallest absolute Gasteiger partial charge is 0.106 e. The molecular weight excluding hydrogens is 150 g/mol. The Hall–Kier alpha value is -0.920. The molecule has 1 heterocycles. The van der Waals surface area contributed by atoms with Gasteiger partial charge in [0, 0.05) is 17.9 Å². The van der Waals surface area contributed by atoms with Gasteiger partial charge in [0.05, 0.1) is 0 Å². The lowest BCUT2D eigenvalue weighted by Gasteiger charge is -2.32. The second-order valence-corrected chi connectivity index (χ2v) is 3.28. The molecule has 0 saturated heterocycles. The highest BCUT2D eigenvalue weighted by Gasteiger charge is 2.16. The number of rotatable bonds is 0. The van der Waals surface area contributed by atoms with Crippen molar-refractivity contribution >= 4 is 0 Å². The molecule has 0 aromatic carbocycles. The molecule has 12 heavy (non-hydrogen) atoms. The number of nitrogens with zero attached hydrogens (tertiary/aromatic N) is 1. The minimum atomic E-state index is 0.150. The molecule has 0 aromatic heterocycles. The Labute approximate surface area is 75.5 Å².